The molecule has 0 amide bonds. The SMILES string of the molecule is C/C(=C\C(=C/C(=Nc1ccccc1Oc1ccc(C(C)(C)c2ccc(Oc3ccccc3N=C(/C=C(\C=C(/O)c3ccccc3)c3ccccc3)c3ccccc3)cc2)cc1)c1ccccc1)c1ccccc1)c1ccccc1. The molecule has 10 aromatic carbocycles. The van der Waals surface area contributed by atoms with Gasteiger partial charge in [-0.2, -0.15) is 0 Å². The van der Waals surface area contributed by atoms with Crippen LogP contribution in [-0.2, 0) is 5.41 Å². The minimum atomic E-state index is -0.348. The maximum atomic E-state index is 11.3. The molecule has 0 atom stereocenters. The number of aliphatic imine (C=N–C) groups is 2. The number of hydrogen-bond donors (Lipinski definition) is 1. The minimum absolute atomic E-state index is 0.159. The van der Waals surface area contributed by atoms with Crippen LogP contribution in [0.2, 0.25) is 0 Å². The van der Waals surface area contributed by atoms with E-state index < -0.39 is 0 Å². The van der Waals surface area contributed by atoms with Crippen LogP contribution in [0.25, 0.3) is 22.5 Å². The Labute approximate surface area is 464 Å². The third-order valence-corrected chi connectivity index (χ3v) is 13.7. The second-order valence-corrected chi connectivity index (χ2v) is 19.6. The van der Waals surface area contributed by atoms with Crippen LogP contribution in [0.4, 0.5) is 11.4 Å². The first-order chi connectivity index (χ1) is 38.7. The second kappa shape index (κ2) is 25.2. The molecule has 0 heterocycles. The molecule has 0 aliphatic heterocycles. The molecule has 384 valence electrons. The number of ether oxygens (including phenoxy) is 2. The van der Waals surface area contributed by atoms with Crippen molar-refractivity contribution in [2.75, 3.05) is 0 Å². The van der Waals surface area contributed by atoms with Crippen molar-refractivity contribution in [2.45, 2.75) is 26.2 Å². The summed E-state index contributed by atoms with van der Waals surface area (Å²) in [6.45, 7) is 6.60. The first-order valence-electron chi connectivity index (χ1n) is 26.5. The summed E-state index contributed by atoms with van der Waals surface area (Å²) in [6.07, 6.45) is 8.21. The van der Waals surface area contributed by atoms with Crippen LogP contribution in [0.5, 0.6) is 23.0 Å². The second-order valence-electron chi connectivity index (χ2n) is 19.6. The fourth-order valence-corrected chi connectivity index (χ4v) is 9.24. The van der Waals surface area contributed by atoms with Crippen LogP contribution in [0, 0.1) is 0 Å². The van der Waals surface area contributed by atoms with Crippen molar-refractivity contribution in [1.29, 1.82) is 0 Å². The lowest BCUT2D eigenvalue weighted by atomic mass is 9.78. The highest BCUT2D eigenvalue weighted by Gasteiger charge is 2.24. The molecule has 0 fully saturated rings. The van der Waals surface area contributed by atoms with Gasteiger partial charge in [0.25, 0.3) is 0 Å². The number of rotatable bonds is 18. The third kappa shape index (κ3) is 13.5. The molecule has 10 aromatic rings. The Balaban J connectivity index is 0.894. The summed E-state index contributed by atoms with van der Waals surface area (Å²) in [5.41, 5.74) is 13.6. The van der Waals surface area contributed by atoms with Crippen LogP contribution in [0.3, 0.4) is 0 Å². The predicted molar refractivity (Wildman–Crippen MR) is 329 cm³/mol. The van der Waals surface area contributed by atoms with Crippen LogP contribution in [0.15, 0.2) is 313 Å². The normalized spacial score (nSPS) is 12.7. The van der Waals surface area contributed by atoms with E-state index in [1.807, 2.05) is 200 Å². The van der Waals surface area contributed by atoms with Gasteiger partial charge in [-0.05, 0) is 118 Å². The lowest BCUT2D eigenvalue weighted by molar-refractivity contribution is 0.482. The zero-order valence-corrected chi connectivity index (χ0v) is 44.5. The average Bonchev–Trinajstić information content (AvgIpc) is 3.53. The fraction of sp³-hybridized carbons (Fsp3) is 0.0541. The van der Waals surface area contributed by atoms with Crippen LogP contribution >= 0.6 is 0 Å². The maximum Gasteiger partial charge on any atom is 0.153 e. The summed E-state index contributed by atoms with van der Waals surface area (Å²) >= 11 is 0. The van der Waals surface area contributed by atoms with Crippen LogP contribution in [-0.4, -0.2) is 16.5 Å². The Bertz CT molecular complexity index is 3550. The Morgan fingerprint density at radius 3 is 1.05 bits per heavy atom. The van der Waals surface area contributed by atoms with Crippen molar-refractivity contribution in [2.24, 2.45) is 9.98 Å². The van der Waals surface area contributed by atoms with Crippen LogP contribution < -0.4 is 9.47 Å². The largest absolute Gasteiger partial charge is 0.507 e. The molecule has 0 aliphatic carbocycles. The van der Waals surface area contributed by atoms with Gasteiger partial charge in [0.05, 0.1) is 11.4 Å². The highest BCUT2D eigenvalue weighted by molar-refractivity contribution is 6.15. The first-order valence-corrected chi connectivity index (χ1v) is 26.5. The van der Waals surface area contributed by atoms with Gasteiger partial charge in [0.2, 0.25) is 0 Å². The van der Waals surface area contributed by atoms with Gasteiger partial charge in [0, 0.05) is 22.1 Å². The molecule has 0 radical (unpaired) electrons. The van der Waals surface area contributed by atoms with Crippen molar-refractivity contribution in [3.05, 3.63) is 348 Å². The van der Waals surface area contributed by atoms with Gasteiger partial charge in [-0.3, -0.25) is 0 Å². The van der Waals surface area contributed by atoms with Gasteiger partial charge in [-0.1, -0.05) is 250 Å². The molecule has 5 nitrogen and oxygen atoms in total. The quantitative estimate of drug-likeness (QED) is 0.0529. The summed E-state index contributed by atoms with van der Waals surface area (Å²) in [5, 5.41) is 11.3. The van der Waals surface area contributed by atoms with Gasteiger partial charge in [-0.25, -0.2) is 9.98 Å². The van der Waals surface area contributed by atoms with E-state index in [4.69, 9.17) is 19.5 Å². The van der Waals surface area contributed by atoms with Crippen molar-refractivity contribution in [1.82, 2.24) is 0 Å². The Kier molecular flexibility index (Phi) is 16.7. The number of hydrogen-bond acceptors (Lipinski definition) is 5. The molecule has 5 heteroatoms. The summed E-state index contributed by atoms with van der Waals surface area (Å²) in [7, 11) is 0. The molecule has 0 bridgehead atoms. The van der Waals surface area contributed by atoms with E-state index in [0.29, 0.717) is 40.1 Å². The van der Waals surface area contributed by atoms with E-state index in [9.17, 15) is 5.11 Å². The van der Waals surface area contributed by atoms with Crippen molar-refractivity contribution in [3.8, 4) is 23.0 Å². The van der Waals surface area contributed by atoms with E-state index in [2.05, 4.69) is 118 Å². The van der Waals surface area contributed by atoms with E-state index in [0.717, 1.165) is 66.9 Å². The van der Waals surface area contributed by atoms with Gasteiger partial charge in [0.1, 0.15) is 28.6 Å². The van der Waals surface area contributed by atoms with E-state index in [1.54, 1.807) is 6.08 Å². The Morgan fingerprint density at radius 1 is 0.342 bits per heavy atom. The smallest absolute Gasteiger partial charge is 0.153 e. The van der Waals surface area contributed by atoms with E-state index in [1.165, 1.54) is 0 Å². The molecule has 1 N–H and O–H groups in total. The minimum Gasteiger partial charge on any atom is -0.507 e. The molecule has 0 spiro atoms. The molecule has 79 heavy (non-hydrogen) atoms. The summed E-state index contributed by atoms with van der Waals surface area (Å²) < 4.78 is 13.3. The average molecular weight is 1030 g/mol. The Morgan fingerprint density at radius 2 is 0.658 bits per heavy atom. The van der Waals surface area contributed by atoms with Gasteiger partial charge < -0.3 is 14.6 Å². The number of aliphatic hydroxyl groups is 1. The topological polar surface area (TPSA) is 63.4 Å². The van der Waals surface area contributed by atoms with Crippen molar-refractivity contribution >= 4 is 45.3 Å². The third-order valence-electron chi connectivity index (χ3n) is 13.7. The van der Waals surface area contributed by atoms with E-state index in [-0.39, 0.29) is 11.2 Å². The number of aliphatic hydroxyl groups excluding tert-OH is 1. The van der Waals surface area contributed by atoms with Gasteiger partial charge in [0.15, 0.2) is 11.5 Å². The number of allylic oxidation sites excluding steroid dienone is 7. The zero-order valence-electron chi connectivity index (χ0n) is 44.5. The molecule has 10 rings (SSSR count). The first kappa shape index (κ1) is 52.3. The highest BCUT2D eigenvalue weighted by atomic mass is 16.5. The highest BCUT2D eigenvalue weighted by Crippen LogP contribution is 2.39. The fourth-order valence-electron chi connectivity index (χ4n) is 9.24. The number of nitrogens with zero attached hydrogens (tertiary/aromatic N) is 2. The van der Waals surface area contributed by atoms with Gasteiger partial charge in [-0.15, -0.1) is 0 Å². The van der Waals surface area contributed by atoms with E-state index >= 15 is 0 Å². The number of para-hydroxylation sites is 4. The summed E-state index contributed by atoms with van der Waals surface area (Å²) in [4.78, 5) is 10.6. The molecule has 0 saturated carbocycles. The molecular weight excluding hydrogens is 965 g/mol. The molecule has 0 aliphatic rings. The molecular formula is C74H60N2O3. The molecule has 0 aromatic heterocycles. The van der Waals surface area contributed by atoms with Crippen LogP contribution in [0.1, 0.15) is 65.3 Å². The lowest BCUT2D eigenvalue weighted by Gasteiger charge is -2.26. The van der Waals surface area contributed by atoms with Gasteiger partial charge >= 0.3 is 0 Å². The maximum absolute atomic E-state index is 11.3. The Hall–Kier alpha value is -10.1. The standard InChI is InChI=1S/C74H60N2O3/c1-54(55-26-10-4-11-27-55)50-61(56-28-12-5-13-29-56)51-69(58-32-16-7-17-33-58)75-67-38-22-24-40-72(67)78-65-46-42-63(43-47-65)74(2,3)64-44-48-66(49-45-64)79-73-41-25-23-39-68(73)76-70(59-34-18-8-19-35-59)52-62(57-30-14-6-15-31-57)53-71(77)60-36-20-9-21-37-60/h4-53,77H,1-3H3/b54-50+,61-51+,62-52+,71-53-,75-69?,76-70?. The van der Waals surface area contributed by atoms with Crippen molar-refractivity contribution in [3.63, 3.8) is 0 Å². The predicted octanol–water partition coefficient (Wildman–Crippen LogP) is 19.7. The monoisotopic (exact) mass is 1020 g/mol. The summed E-state index contributed by atoms with van der Waals surface area (Å²) in [5.74, 6) is 2.81. The zero-order chi connectivity index (χ0) is 54.2. The van der Waals surface area contributed by atoms with Crippen molar-refractivity contribution < 1.29 is 14.6 Å². The number of benzene rings is 10. The molecule has 0 saturated heterocycles. The summed E-state index contributed by atoms with van der Waals surface area (Å²) in [6, 6.07) is 93.1. The lowest BCUT2D eigenvalue weighted by Crippen LogP contribution is -2.18. The molecule has 0 unspecified atom stereocenters.